The molecule has 5 aromatic heterocycles. The van der Waals surface area contributed by atoms with Crippen molar-refractivity contribution in [1.82, 2.24) is 24.1 Å². The van der Waals surface area contributed by atoms with Gasteiger partial charge >= 0.3 is 0 Å². The van der Waals surface area contributed by atoms with Crippen molar-refractivity contribution in [3.63, 3.8) is 0 Å². The lowest BCUT2D eigenvalue weighted by Crippen LogP contribution is -1.98. The summed E-state index contributed by atoms with van der Waals surface area (Å²) in [6.07, 6.45) is 3.77. The minimum Gasteiger partial charge on any atom is -0.308 e. The van der Waals surface area contributed by atoms with Crippen LogP contribution in [0.25, 0.3) is 66.6 Å². The predicted molar refractivity (Wildman–Crippen MR) is 154 cm³/mol. The highest BCUT2D eigenvalue weighted by Crippen LogP contribution is 2.36. The minimum absolute atomic E-state index is 0.834. The summed E-state index contributed by atoms with van der Waals surface area (Å²) in [6, 6.07) is 39.7. The van der Waals surface area contributed by atoms with Crippen molar-refractivity contribution in [3.05, 3.63) is 128 Å². The highest BCUT2D eigenvalue weighted by atomic mass is 15.1. The highest BCUT2D eigenvalue weighted by molar-refractivity contribution is 6.14. The van der Waals surface area contributed by atoms with E-state index in [0.29, 0.717) is 0 Å². The van der Waals surface area contributed by atoms with E-state index < -0.39 is 0 Å². The lowest BCUT2D eigenvalue weighted by atomic mass is 10.1. The Hall–Kier alpha value is -5.29. The monoisotopic (exact) mass is 487 g/mol. The largest absolute Gasteiger partial charge is 0.308 e. The number of pyridine rings is 3. The maximum absolute atomic E-state index is 5.26. The van der Waals surface area contributed by atoms with Gasteiger partial charge in [-0.3, -0.25) is 9.55 Å². The van der Waals surface area contributed by atoms with Gasteiger partial charge < -0.3 is 4.57 Å². The normalized spacial score (nSPS) is 11.7. The molecule has 0 aliphatic carbocycles. The molecular formula is C33H21N5. The zero-order chi connectivity index (χ0) is 25.1. The molecule has 5 nitrogen and oxygen atoms in total. The van der Waals surface area contributed by atoms with Crippen LogP contribution < -0.4 is 0 Å². The topological polar surface area (TPSA) is 48.5 Å². The number of nitrogens with zero attached hydrogens (tertiary/aromatic N) is 5. The molecule has 3 aromatic carbocycles. The standard InChI is InChI=1S/C33H21N5/c1-3-10-22(11-4-1)23-17-18-30(35-21-23)38-27-16-9-19-34-32(27)33-29(38)20-28-31(36-33)25-14-7-8-15-26(25)37(28)24-12-5-2-6-13-24/h1-21H. The molecule has 8 aromatic rings. The molecule has 0 aliphatic rings. The zero-order valence-electron chi connectivity index (χ0n) is 20.4. The van der Waals surface area contributed by atoms with E-state index >= 15 is 0 Å². The first-order valence-electron chi connectivity index (χ1n) is 12.6. The molecule has 8 rings (SSSR count). The molecule has 0 bridgehead atoms. The van der Waals surface area contributed by atoms with Gasteiger partial charge in [-0.2, -0.15) is 0 Å². The Labute approximate surface area is 218 Å². The highest BCUT2D eigenvalue weighted by Gasteiger charge is 2.20. The molecule has 0 radical (unpaired) electrons. The van der Waals surface area contributed by atoms with Crippen molar-refractivity contribution in [2.75, 3.05) is 0 Å². The van der Waals surface area contributed by atoms with Gasteiger partial charge in [-0.1, -0.05) is 66.7 Å². The fourth-order valence-corrected chi connectivity index (χ4v) is 5.52. The lowest BCUT2D eigenvalue weighted by molar-refractivity contribution is 1.08. The molecule has 0 fully saturated rings. The zero-order valence-corrected chi connectivity index (χ0v) is 20.4. The average Bonchev–Trinajstić information content (AvgIpc) is 3.49. The van der Waals surface area contributed by atoms with E-state index in [9.17, 15) is 0 Å². The van der Waals surface area contributed by atoms with Crippen LogP contribution in [0, 0.1) is 0 Å². The second-order valence-corrected chi connectivity index (χ2v) is 9.39. The Balaban J connectivity index is 1.45. The van der Waals surface area contributed by atoms with E-state index in [0.717, 1.165) is 66.6 Å². The second-order valence-electron chi connectivity index (χ2n) is 9.39. The number of aromatic nitrogens is 5. The summed E-state index contributed by atoms with van der Waals surface area (Å²) in [7, 11) is 0. The lowest BCUT2D eigenvalue weighted by Gasteiger charge is -2.09. The van der Waals surface area contributed by atoms with Crippen LogP contribution in [0.15, 0.2) is 128 Å². The van der Waals surface area contributed by atoms with Crippen molar-refractivity contribution in [2.45, 2.75) is 0 Å². The Kier molecular flexibility index (Phi) is 4.45. The van der Waals surface area contributed by atoms with Crippen LogP contribution >= 0.6 is 0 Å². The number of hydrogen-bond acceptors (Lipinski definition) is 3. The maximum atomic E-state index is 5.26. The van der Waals surface area contributed by atoms with E-state index in [4.69, 9.17) is 15.0 Å². The average molecular weight is 488 g/mol. The van der Waals surface area contributed by atoms with E-state index in [1.54, 1.807) is 0 Å². The van der Waals surface area contributed by atoms with E-state index in [2.05, 4.69) is 94.1 Å². The number of hydrogen-bond donors (Lipinski definition) is 0. The SMILES string of the molecule is c1ccc(-c2ccc(-n3c4cccnc4c4nc5c6ccccc6n(-c6ccccc6)c5cc43)nc2)cc1. The van der Waals surface area contributed by atoms with Crippen LogP contribution in [0.4, 0.5) is 0 Å². The van der Waals surface area contributed by atoms with E-state index in [1.807, 2.05) is 42.7 Å². The Bertz CT molecular complexity index is 2110. The third kappa shape index (κ3) is 3.02. The van der Waals surface area contributed by atoms with Gasteiger partial charge in [0.05, 0.1) is 27.6 Å². The van der Waals surface area contributed by atoms with Gasteiger partial charge in [-0.25, -0.2) is 9.97 Å². The molecule has 38 heavy (non-hydrogen) atoms. The molecule has 178 valence electrons. The van der Waals surface area contributed by atoms with Gasteiger partial charge in [0.1, 0.15) is 16.9 Å². The van der Waals surface area contributed by atoms with Crippen molar-refractivity contribution in [3.8, 4) is 22.6 Å². The van der Waals surface area contributed by atoms with Crippen molar-refractivity contribution in [2.24, 2.45) is 0 Å². The van der Waals surface area contributed by atoms with Gasteiger partial charge in [-0.05, 0) is 54.1 Å². The number of fused-ring (bicyclic) bond motifs is 6. The van der Waals surface area contributed by atoms with Gasteiger partial charge in [0, 0.05) is 29.0 Å². The molecule has 0 atom stereocenters. The summed E-state index contributed by atoms with van der Waals surface area (Å²) in [6.45, 7) is 0. The predicted octanol–water partition coefficient (Wildman–Crippen LogP) is 7.73. The summed E-state index contributed by atoms with van der Waals surface area (Å²) in [5.74, 6) is 0.834. The molecular weight excluding hydrogens is 466 g/mol. The summed E-state index contributed by atoms with van der Waals surface area (Å²) in [5.41, 5.74) is 10.2. The van der Waals surface area contributed by atoms with Crippen molar-refractivity contribution in [1.29, 1.82) is 0 Å². The van der Waals surface area contributed by atoms with Crippen molar-refractivity contribution < 1.29 is 0 Å². The summed E-state index contributed by atoms with van der Waals surface area (Å²) in [4.78, 5) is 14.9. The molecule has 0 unspecified atom stereocenters. The van der Waals surface area contributed by atoms with Crippen molar-refractivity contribution >= 4 is 44.0 Å². The van der Waals surface area contributed by atoms with Gasteiger partial charge in [-0.15, -0.1) is 0 Å². The third-order valence-electron chi connectivity index (χ3n) is 7.21. The quantitative estimate of drug-likeness (QED) is 0.256. The molecule has 5 heteroatoms. The van der Waals surface area contributed by atoms with Gasteiger partial charge in [0.2, 0.25) is 0 Å². The van der Waals surface area contributed by atoms with Crippen LogP contribution in [0.2, 0.25) is 0 Å². The molecule has 0 spiro atoms. The first kappa shape index (κ1) is 20.9. The van der Waals surface area contributed by atoms with Gasteiger partial charge in [0.15, 0.2) is 0 Å². The smallest absolute Gasteiger partial charge is 0.137 e. The van der Waals surface area contributed by atoms with Crippen LogP contribution in [0.5, 0.6) is 0 Å². The summed E-state index contributed by atoms with van der Waals surface area (Å²) < 4.78 is 4.46. The Morgan fingerprint density at radius 2 is 1.21 bits per heavy atom. The molecule has 0 saturated heterocycles. The van der Waals surface area contributed by atoms with Gasteiger partial charge in [0.25, 0.3) is 0 Å². The Morgan fingerprint density at radius 3 is 2.03 bits per heavy atom. The molecule has 0 amide bonds. The number of rotatable bonds is 3. The van der Waals surface area contributed by atoms with Crippen LogP contribution in [0.1, 0.15) is 0 Å². The molecule has 0 aliphatic heterocycles. The first-order valence-corrected chi connectivity index (χ1v) is 12.6. The second kappa shape index (κ2) is 8.11. The molecule has 5 heterocycles. The van der Waals surface area contributed by atoms with Crippen LogP contribution in [-0.4, -0.2) is 24.1 Å². The number of benzene rings is 3. The molecule has 0 saturated carbocycles. The fraction of sp³-hybridized carbons (Fsp3) is 0. The van der Waals surface area contributed by atoms with E-state index in [-0.39, 0.29) is 0 Å². The Morgan fingerprint density at radius 1 is 0.474 bits per heavy atom. The summed E-state index contributed by atoms with van der Waals surface area (Å²) >= 11 is 0. The number of para-hydroxylation sites is 2. The van der Waals surface area contributed by atoms with Crippen LogP contribution in [-0.2, 0) is 0 Å². The minimum atomic E-state index is 0.834. The molecule has 0 N–H and O–H groups in total. The van der Waals surface area contributed by atoms with Crippen LogP contribution in [0.3, 0.4) is 0 Å². The fourth-order valence-electron chi connectivity index (χ4n) is 5.52. The third-order valence-corrected chi connectivity index (χ3v) is 7.21. The summed E-state index contributed by atoms with van der Waals surface area (Å²) in [5, 5.41) is 1.12. The maximum Gasteiger partial charge on any atom is 0.137 e. The first-order chi connectivity index (χ1) is 18.9. The van der Waals surface area contributed by atoms with E-state index in [1.165, 1.54) is 0 Å².